The summed E-state index contributed by atoms with van der Waals surface area (Å²) in [5.41, 5.74) is 1.89. The summed E-state index contributed by atoms with van der Waals surface area (Å²) in [7, 11) is 1.53. The number of ether oxygens (including phenoxy) is 1. The Balaban J connectivity index is 1.69. The van der Waals surface area contributed by atoms with Gasteiger partial charge in [-0.15, -0.1) is 0 Å². The van der Waals surface area contributed by atoms with E-state index in [1.54, 1.807) is 48.5 Å². The molecule has 2 aromatic carbocycles. The SMILES string of the molecule is CNC(=O)c1cc(Oc2ccc(C(=O)Nc3ccc(C)cc3O)cc2)ccn1. The average Bonchev–Trinajstić information content (AvgIpc) is 2.70. The fourth-order valence-electron chi connectivity index (χ4n) is 2.48. The second-order valence-corrected chi connectivity index (χ2v) is 6.06. The van der Waals surface area contributed by atoms with Crippen molar-refractivity contribution >= 4 is 17.5 Å². The highest BCUT2D eigenvalue weighted by atomic mass is 16.5. The lowest BCUT2D eigenvalue weighted by molar-refractivity contribution is 0.0957. The second kappa shape index (κ2) is 8.22. The zero-order chi connectivity index (χ0) is 20.1. The third-order valence-corrected chi connectivity index (χ3v) is 3.94. The molecule has 142 valence electrons. The Morgan fingerprint density at radius 2 is 1.71 bits per heavy atom. The molecule has 3 aromatic rings. The van der Waals surface area contributed by atoms with E-state index in [9.17, 15) is 14.7 Å². The number of rotatable bonds is 5. The summed E-state index contributed by atoms with van der Waals surface area (Å²) in [6, 6.07) is 14.7. The van der Waals surface area contributed by atoms with Crippen molar-refractivity contribution in [3.63, 3.8) is 0 Å². The lowest BCUT2D eigenvalue weighted by atomic mass is 10.1. The molecule has 0 aliphatic rings. The number of phenols is 1. The van der Waals surface area contributed by atoms with Crippen molar-refractivity contribution in [3.05, 3.63) is 77.6 Å². The molecule has 0 aliphatic carbocycles. The lowest BCUT2D eigenvalue weighted by Gasteiger charge is -2.09. The van der Waals surface area contributed by atoms with Gasteiger partial charge < -0.3 is 20.5 Å². The number of aryl methyl sites for hydroxylation is 1. The molecule has 7 heteroatoms. The van der Waals surface area contributed by atoms with Crippen LogP contribution >= 0.6 is 0 Å². The summed E-state index contributed by atoms with van der Waals surface area (Å²) >= 11 is 0. The lowest BCUT2D eigenvalue weighted by Crippen LogP contribution is -2.18. The van der Waals surface area contributed by atoms with Crippen LogP contribution in [0.25, 0.3) is 0 Å². The molecule has 0 saturated carbocycles. The summed E-state index contributed by atoms with van der Waals surface area (Å²) in [6.45, 7) is 1.85. The number of hydrogen-bond acceptors (Lipinski definition) is 5. The highest BCUT2D eigenvalue weighted by Gasteiger charge is 2.10. The highest BCUT2D eigenvalue weighted by molar-refractivity contribution is 6.05. The van der Waals surface area contributed by atoms with Crippen LogP contribution in [0.1, 0.15) is 26.4 Å². The van der Waals surface area contributed by atoms with Crippen LogP contribution in [0, 0.1) is 6.92 Å². The van der Waals surface area contributed by atoms with E-state index in [-0.39, 0.29) is 23.3 Å². The second-order valence-electron chi connectivity index (χ2n) is 6.06. The van der Waals surface area contributed by atoms with Crippen molar-refractivity contribution in [2.24, 2.45) is 0 Å². The first-order chi connectivity index (χ1) is 13.5. The van der Waals surface area contributed by atoms with Gasteiger partial charge >= 0.3 is 0 Å². The van der Waals surface area contributed by atoms with E-state index >= 15 is 0 Å². The average molecular weight is 377 g/mol. The van der Waals surface area contributed by atoms with Crippen molar-refractivity contribution in [1.82, 2.24) is 10.3 Å². The van der Waals surface area contributed by atoms with Gasteiger partial charge in [0.15, 0.2) is 0 Å². The number of carbonyl (C=O) groups is 2. The molecule has 0 spiro atoms. The van der Waals surface area contributed by atoms with Gasteiger partial charge in [-0.25, -0.2) is 0 Å². The number of nitrogens with one attached hydrogen (secondary N) is 2. The van der Waals surface area contributed by atoms with Gasteiger partial charge in [0.2, 0.25) is 0 Å². The standard InChI is InChI=1S/C21H19N3O4/c1-13-3-8-17(19(25)11-13)24-20(26)14-4-6-15(7-5-14)28-16-9-10-23-18(12-16)21(27)22-2/h3-12,25H,1-2H3,(H,22,27)(H,24,26). The fraction of sp³-hybridized carbons (Fsp3) is 0.0952. The van der Waals surface area contributed by atoms with Crippen LogP contribution in [0.3, 0.4) is 0 Å². The quantitative estimate of drug-likeness (QED) is 0.591. The Morgan fingerprint density at radius 1 is 0.964 bits per heavy atom. The van der Waals surface area contributed by atoms with E-state index in [1.165, 1.54) is 19.3 Å². The molecule has 2 amide bonds. The van der Waals surface area contributed by atoms with Crippen molar-refractivity contribution < 1.29 is 19.4 Å². The molecule has 7 nitrogen and oxygen atoms in total. The van der Waals surface area contributed by atoms with Crippen molar-refractivity contribution in [2.75, 3.05) is 12.4 Å². The maximum atomic E-state index is 12.4. The predicted molar refractivity (Wildman–Crippen MR) is 105 cm³/mol. The van der Waals surface area contributed by atoms with E-state index in [0.717, 1.165) is 5.56 Å². The highest BCUT2D eigenvalue weighted by Crippen LogP contribution is 2.25. The molecule has 3 N–H and O–H groups in total. The van der Waals surface area contributed by atoms with E-state index in [1.807, 2.05) is 6.92 Å². The molecule has 3 rings (SSSR count). The van der Waals surface area contributed by atoms with Gasteiger partial charge in [-0.3, -0.25) is 14.6 Å². The minimum atomic E-state index is -0.350. The third kappa shape index (κ3) is 4.45. The van der Waals surface area contributed by atoms with Gasteiger partial charge in [-0.1, -0.05) is 6.07 Å². The minimum absolute atomic E-state index is 0.0120. The van der Waals surface area contributed by atoms with E-state index in [0.29, 0.717) is 22.7 Å². The van der Waals surface area contributed by atoms with E-state index in [2.05, 4.69) is 15.6 Å². The van der Waals surface area contributed by atoms with Gasteiger partial charge in [0.25, 0.3) is 11.8 Å². The van der Waals surface area contributed by atoms with Crippen LogP contribution < -0.4 is 15.4 Å². The van der Waals surface area contributed by atoms with Crippen molar-refractivity contribution in [2.45, 2.75) is 6.92 Å². The summed E-state index contributed by atoms with van der Waals surface area (Å²) in [6.07, 6.45) is 1.48. The number of hydrogen-bond donors (Lipinski definition) is 3. The fourth-order valence-corrected chi connectivity index (χ4v) is 2.48. The summed E-state index contributed by atoms with van der Waals surface area (Å²) in [5, 5.41) is 15.1. The number of pyridine rings is 1. The summed E-state index contributed by atoms with van der Waals surface area (Å²) in [4.78, 5) is 28.0. The Morgan fingerprint density at radius 3 is 2.39 bits per heavy atom. The first-order valence-corrected chi connectivity index (χ1v) is 8.53. The van der Waals surface area contributed by atoms with Gasteiger partial charge in [-0.2, -0.15) is 0 Å². The number of aromatic nitrogens is 1. The molecule has 0 bridgehead atoms. The Kier molecular flexibility index (Phi) is 5.55. The molecule has 0 fully saturated rings. The zero-order valence-electron chi connectivity index (χ0n) is 15.4. The molecule has 0 unspecified atom stereocenters. The molecule has 0 radical (unpaired) electrons. The van der Waals surface area contributed by atoms with E-state index in [4.69, 9.17) is 4.74 Å². The van der Waals surface area contributed by atoms with Crippen LogP contribution in [0.15, 0.2) is 60.8 Å². The first kappa shape index (κ1) is 18.9. The molecule has 28 heavy (non-hydrogen) atoms. The summed E-state index contributed by atoms with van der Waals surface area (Å²) in [5.74, 6) is 0.311. The molecule has 0 saturated heterocycles. The summed E-state index contributed by atoms with van der Waals surface area (Å²) < 4.78 is 5.71. The molecule has 0 aliphatic heterocycles. The number of phenolic OH excluding ortho intramolecular Hbond substituents is 1. The largest absolute Gasteiger partial charge is 0.506 e. The molecule has 1 heterocycles. The molecular formula is C21H19N3O4. The molecule has 1 aromatic heterocycles. The van der Waals surface area contributed by atoms with Gasteiger partial charge in [0.1, 0.15) is 22.9 Å². The van der Waals surface area contributed by atoms with Crippen LogP contribution in [-0.2, 0) is 0 Å². The van der Waals surface area contributed by atoms with Gasteiger partial charge in [0, 0.05) is 24.9 Å². The Bertz CT molecular complexity index is 1020. The number of aromatic hydroxyl groups is 1. The topological polar surface area (TPSA) is 101 Å². The number of nitrogens with zero attached hydrogens (tertiary/aromatic N) is 1. The smallest absolute Gasteiger partial charge is 0.269 e. The Hall–Kier alpha value is -3.87. The number of carbonyl (C=O) groups excluding carboxylic acids is 2. The number of anilines is 1. The van der Waals surface area contributed by atoms with Gasteiger partial charge in [0.05, 0.1) is 5.69 Å². The van der Waals surface area contributed by atoms with Crippen LogP contribution in [0.5, 0.6) is 17.2 Å². The molecule has 0 atom stereocenters. The third-order valence-electron chi connectivity index (χ3n) is 3.94. The first-order valence-electron chi connectivity index (χ1n) is 8.53. The number of amides is 2. The maximum Gasteiger partial charge on any atom is 0.269 e. The van der Waals surface area contributed by atoms with Crippen LogP contribution in [0.2, 0.25) is 0 Å². The Labute approximate surface area is 162 Å². The van der Waals surface area contributed by atoms with Crippen molar-refractivity contribution in [1.29, 1.82) is 0 Å². The monoisotopic (exact) mass is 377 g/mol. The van der Waals surface area contributed by atoms with E-state index < -0.39 is 0 Å². The van der Waals surface area contributed by atoms with Gasteiger partial charge in [-0.05, 0) is 55.0 Å². The maximum absolute atomic E-state index is 12.4. The number of benzene rings is 2. The van der Waals surface area contributed by atoms with Crippen LogP contribution in [0.4, 0.5) is 5.69 Å². The minimum Gasteiger partial charge on any atom is -0.506 e. The predicted octanol–water partition coefficient (Wildman–Crippen LogP) is 3.50. The normalized spacial score (nSPS) is 10.2. The molecular weight excluding hydrogens is 358 g/mol. The van der Waals surface area contributed by atoms with Crippen LogP contribution in [-0.4, -0.2) is 29.0 Å². The zero-order valence-corrected chi connectivity index (χ0v) is 15.4. The van der Waals surface area contributed by atoms with Crippen molar-refractivity contribution in [3.8, 4) is 17.2 Å².